The number of non-ortho nitro benzene ring substituents is 1. The van der Waals surface area contributed by atoms with Crippen LogP contribution < -0.4 is 5.56 Å². The Hall–Kier alpha value is -3.74. The van der Waals surface area contributed by atoms with Crippen LogP contribution in [-0.2, 0) is 0 Å². The summed E-state index contributed by atoms with van der Waals surface area (Å²) in [6.45, 7) is 3.96. The van der Waals surface area contributed by atoms with Gasteiger partial charge in [0.15, 0.2) is 5.76 Å². The van der Waals surface area contributed by atoms with Crippen molar-refractivity contribution in [2.45, 2.75) is 19.8 Å². The Morgan fingerprint density at radius 3 is 2.46 bits per heavy atom. The number of hydrogen-bond acceptors (Lipinski definition) is 5. The van der Waals surface area contributed by atoms with Gasteiger partial charge in [0, 0.05) is 34.7 Å². The molecule has 7 nitrogen and oxygen atoms in total. The molecule has 0 atom stereocenters. The van der Waals surface area contributed by atoms with Gasteiger partial charge in [0.05, 0.1) is 16.2 Å². The van der Waals surface area contributed by atoms with E-state index in [1.165, 1.54) is 12.1 Å². The highest BCUT2D eigenvalue weighted by molar-refractivity contribution is 6.02. The van der Waals surface area contributed by atoms with Gasteiger partial charge in [-0.25, -0.2) is 0 Å². The van der Waals surface area contributed by atoms with Gasteiger partial charge in [-0.05, 0) is 17.5 Å². The lowest BCUT2D eigenvalue weighted by atomic mass is 9.94. The van der Waals surface area contributed by atoms with E-state index in [1.807, 2.05) is 44.2 Å². The lowest BCUT2D eigenvalue weighted by Gasteiger charge is -2.11. The molecule has 140 valence electrons. The first kappa shape index (κ1) is 17.7. The maximum absolute atomic E-state index is 12.9. The molecule has 0 saturated heterocycles. The summed E-state index contributed by atoms with van der Waals surface area (Å²) in [7, 11) is 0. The van der Waals surface area contributed by atoms with E-state index in [2.05, 4.69) is 10.1 Å². The summed E-state index contributed by atoms with van der Waals surface area (Å²) in [6.07, 6.45) is 0. The van der Waals surface area contributed by atoms with Gasteiger partial charge in [0.2, 0.25) is 0 Å². The van der Waals surface area contributed by atoms with Gasteiger partial charge >= 0.3 is 0 Å². The molecular weight excluding hydrogens is 358 g/mol. The number of nitro benzene ring substituents is 1. The SMILES string of the molecule is CC(C)c1cc(-c2c(-c3ccccc3)c3cc([N+](=O)[O-])ccc3[nH]c2=O)on1. The van der Waals surface area contributed by atoms with Gasteiger partial charge < -0.3 is 9.51 Å². The normalized spacial score (nSPS) is 11.2. The fourth-order valence-electron chi connectivity index (χ4n) is 3.21. The fourth-order valence-corrected chi connectivity index (χ4v) is 3.21. The van der Waals surface area contributed by atoms with Crippen LogP contribution in [0.15, 0.2) is 63.9 Å². The second-order valence-corrected chi connectivity index (χ2v) is 6.83. The first-order valence-electron chi connectivity index (χ1n) is 8.82. The Morgan fingerprint density at radius 2 is 1.82 bits per heavy atom. The number of aromatic amines is 1. The van der Waals surface area contributed by atoms with Crippen molar-refractivity contribution < 1.29 is 9.45 Å². The number of pyridine rings is 1. The maximum Gasteiger partial charge on any atom is 0.270 e. The molecule has 0 bridgehead atoms. The second-order valence-electron chi connectivity index (χ2n) is 6.83. The molecule has 0 spiro atoms. The molecule has 2 aromatic heterocycles. The fraction of sp³-hybridized carbons (Fsp3) is 0.143. The molecule has 0 amide bonds. The molecule has 1 N–H and O–H groups in total. The topological polar surface area (TPSA) is 102 Å². The van der Waals surface area contributed by atoms with Gasteiger partial charge in [-0.15, -0.1) is 0 Å². The minimum absolute atomic E-state index is 0.0527. The van der Waals surface area contributed by atoms with Crippen molar-refractivity contribution in [2.24, 2.45) is 0 Å². The molecule has 2 heterocycles. The summed E-state index contributed by atoms with van der Waals surface area (Å²) in [6, 6.07) is 15.4. The van der Waals surface area contributed by atoms with Crippen LogP contribution in [0.2, 0.25) is 0 Å². The Balaban J connectivity index is 2.12. The molecule has 0 saturated carbocycles. The third-order valence-corrected chi connectivity index (χ3v) is 4.64. The molecule has 0 aliphatic heterocycles. The summed E-state index contributed by atoms with van der Waals surface area (Å²) in [4.78, 5) is 26.6. The van der Waals surface area contributed by atoms with E-state index in [4.69, 9.17) is 4.52 Å². The van der Waals surface area contributed by atoms with E-state index in [0.29, 0.717) is 27.8 Å². The molecule has 4 aromatic rings. The maximum atomic E-state index is 12.9. The van der Waals surface area contributed by atoms with Gasteiger partial charge in [0.25, 0.3) is 11.2 Å². The second kappa shape index (κ2) is 6.77. The van der Waals surface area contributed by atoms with Gasteiger partial charge in [-0.3, -0.25) is 14.9 Å². The monoisotopic (exact) mass is 375 g/mol. The number of H-pyrrole nitrogens is 1. The van der Waals surface area contributed by atoms with Crippen LogP contribution in [0.1, 0.15) is 25.5 Å². The Kier molecular flexibility index (Phi) is 4.27. The molecule has 0 fully saturated rings. The van der Waals surface area contributed by atoms with E-state index >= 15 is 0 Å². The molecule has 0 radical (unpaired) electrons. The van der Waals surface area contributed by atoms with Gasteiger partial charge in [-0.1, -0.05) is 49.3 Å². The van der Waals surface area contributed by atoms with E-state index in [9.17, 15) is 14.9 Å². The van der Waals surface area contributed by atoms with Crippen molar-refractivity contribution in [3.05, 3.63) is 80.8 Å². The zero-order chi connectivity index (χ0) is 19.8. The molecule has 28 heavy (non-hydrogen) atoms. The first-order chi connectivity index (χ1) is 13.5. The highest BCUT2D eigenvalue weighted by Gasteiger charge is 2.22. The predicted molar refractivity (Wildman–Crippen MR) is 106 cm³/mol. The number of rotatable bonds is 4. The van der Waals surface area contributed by atoms with Crippen LogP contribution in [0, 0.1) is 10.1 Å². The van der Waals surface area contributed by atoms with E-state index in [1.54, 1.807) is 12.1 Å². The minimum Gasteiger partial charge on any atom is -0.356 e. The molecular formula is C21H17N3O4. The van der Waals surface area contributed by atoms with Crippen LogP contribution in [0.25, 0.3) is 33.4 Å². The molecule has 4 rings (SSSR count). The zero-order valence-corrected chi connectivity index (χ0v) is 15.3. The van der Waals surface area contributed by atoms with E-state index in [-0.39, 0.29) is 17.2 Å². The molecule has 0 aliphatic rings. The highest BCUT2D eigenvalue weighted by atomic mass is 16.6. The number of nitrogens with one attached hydrogen (secondary N) is 1. The Bertz CT molecular complexity index is 1240. The van der Waals surface area contributed by atoms with Crippen LogP contribution in [0.5, 0.6) is 0 Å². The Labute approximate surface area is 159 Å². The molecule has 7 heteroatoms. The summed E-state index contributed by atoms with van der Waals surface area (Å²) < 4.78 is 5.48. The van der Waals surface area contributed by atoms with Crippen molar-refractivity contribution in [3.63, 3.8) is 0 Å². The number of nitrogens with zero attached hydrogens (tertiary/aromatic N) is 2. The highest BCUT2D eigenvalue weighted by Crippen LogP contribution is 2.37. The largest absolute Gasteiger partial charge is 0.356 e. The van der Waals surface area contributed by atoms with Crippen LogP contribution in [0.3, 0.4) is 0 Å². The number of hydrogen-bond donors (Lipinski definition) is 1. The van der Waals surface area contributed by atoms with Crippen LogP contribution >= 0.6 is 0 Å². The molecule has 2 aromatic carbocycles. The lowest BCUT2D eigenvalue weighted by molar-refractivity contribution is -0.384. The minimum atomic E-state index is -0.454. The third kappa shape index (κ3) is 2.96. The van der Waals surface area contributed by atoms with Gasteiger partial charge in [0.1, 0.15) is 0 Å². The van der Waals surface area contributed by atoms with Gasteiger partial charge in [-0.2, -0.15) is 0 Å². The van der Waals surface area contributed by atoms with E-state index < -0.39 is 4.92 Å². The quantitative estimate of drug-likeness (QED) is 0.404. The summed E-state index contributed by atoms with van der Waals surface area (Å²) in [5.74, 6) is 0.468. The molecule has 0 aliphatic carbocycles. The zero-order valence-electron chi connectivity index (χ0n) is 15.3. The van der Waals surface area contributed by atoms with Crippen molar-refractivity contribution in [3.8, 4) is 22.5 Å². The lowest BCUT2D eigenvalue weighted by Crippen LogP contribution is -2.11. The standard InChI is InChI=1S/C21H17N3O4/c1-12(2)17-11-18(28-23-17)20-19(13-6-4-3-5-7-13)15-10-14(24(26)27)8-9-16(15)22-21(20)25/h3-12H,1-2H3,(H,22,25). The van der Waals surface area contributed by atoms with Crippen molar-refractivity contribution in [2.75, 3.05) is 0 Å². The summed E-state index contributed by atoms with van der Waals surface area (Å²) >= 11 is 0. The predicted octanol–water partition coefficient (Wildman–Crippen LogP) is 4.88. The van der Waals surface area contributed by atoms with Crippen LogP contribution in [0.4, 0.5) is 5.69 Å². The third-order valence-electron chi connectivity index (χ3n) is 4.64. The van der Waals surface area contributed by atoms with Crippen LogP contribution in [-0.4, -0.2) is 15.1 Å². The summed E-state index contributed by atoms with van der Waals surface area (Å²) in [5.41, 5.74) is 2.49. The van der Waals surface area contributed by atoms with Crippen molar-refractivity contribution in [1.29, 1.82) is 0 Å². The number of aromatic nitrogens is 2. The van der Waals surface area contributed by atoms with E-state index in [0.717, 1.165) is 11.3 Å². The summed E-state index contributed by atoms with van der Waals surface area (Å²) in [5, 5.41) is 15.9. The van der Waals surface area contributed by atoms with Crippen molar-refractivity contribution >= 4 is 16.6 Å². The number of benzene rings is 2. The average molecular weight is 375 g/mol. The average Bonchev–Trinajstić information content (AvgIpc) is 3.17. The first-order valence-corrected chi connectivity index (χ1v) is 8.82. The smallest absolute Gasteiger partial charge is 0.270 e. The number of fused-ring (bicyclic) bond motifs is 1. The number of nitro groups is 1. The Morgan fingerprint density at radius 1 is 1.07 bits per heavy atom. The van der Waals surface area contributed by atoms with Crippen molar-refractivity contribution in [1.82, 2.24) is 10.1 Å². The molecule has 0 unspecified atom stereocenters.